The van der Waals surface area contributed by atoms with Crippen molar-refractivity contribution < 1.29 is 69.4 Å². The number of fused-ring (bicyclic) bond motifs is 1. The minimum Gasteiger partial charge on any atom is -0.508 e. The maximum Gasteiger partial charge on any atom is 0.338 e. The van der Waals surface area contributed by atoms with E-state index in [1.54, 1.807) is 0 Å². The van der Waals surface area contributed by atoms with Crippen molar-refractivity contribution in [1.82, 2.24) is 0 Å². The summed E-state index contributed by atoms with van der Waals surface area (Å²) in [6, 6.07) is 10.6. The third-order valence-corrected chi connectivity index (χ3v) is 6.86. The van der Waals surface area contributed by atoms with Gasteiger partial charge in [-0.05, 0) is 42.0 Å². The maximum absolute atomic E-state index is 13.6. The molecule has 0 saturated carbocycles. The number of carbonyl (C=O) groups is 2. The lowest BCUT2D eigenvalue weighted by atomic mass is 9.92. The minimum absolute atomic E-state index is 0.0703. The SMILES string of the molecule is O=C(OCC1OC(OC2C(=O)c3c(O)cc(O)cc3OC2c2ccc(O)c(O)c2)C(O)C(O)C1O)c1ccc(O)cc1. The molecule has 42 heavy (non-hydrogen) atoms. The first-order valence-corrected chi connectivity index (χ1v) is 12.5. The Balaban J connectivity index is 1.41. The summed E-state index contributed by atoms with van der Waals surface area (Å²) in [7, 11) is 0. The monoisotopic (exact) mass is 586 g/mol. The Labute approximate surface area is 236 Å². The Morgan fingerprint density at radius 1 is 0.786 bits per heavy atom. The van der Waals surface area contributed by atoms with E-state index in [0.717, 1.165) is 24.3 Å². The molecule has 3 aromatic carbocycles. The first-order chi connectivity index (χ1) is 19.9. The predicted octanol–water partition coefficient (Wildman–Crippen LogP) is 0.581. The molecule has 0 amide bonds. The van der Waals surface area contributed by atoms with E-state index in [4.69, 9.17) is 18.9 Å². The summed E-state index contributed by atoms with van der Waals surface area (Å²) in [5, 5.41) is 81.1. The molecule has 7 atom stereocenters. The van der Waals surface area contributed by atoms with Crippen molar-refractivity contribution in [3.05, 3.63) is 71.3 Å². The molecule has 14 nitrogen and oxygen atoms in total. The Hall–Kier alpha value is -4.60. The predicted molar refractivity (Wildman–Crippen MR) is 137 cm³/mol. The van der Waals surface area contributed by atoms with Gasteiger partial charge < -0.3 is 59.8 Å². The van der Waals surface area contributed by atoms with Crippen LogP contribution in [0.2, 0.25) is 0 Å². The molecular formula is C28H26O14. The number of aliphatic hydroxyl groups excluding tert-OH is 3. The average Bonchev–Trinajstić information content (AvgIpc) is 2.95. The number of phenols is 5. The molecule has 2 aliphatic rings. The normalized spacial score (nSPS) is 27.1. The Bertz CT molecular complexity index is 1490. The molecule has 1 fully saturated rings. The van der Waals surface area contributed by atoms with Crippen LogP contribution in [0.1, 0.15) is 32.4 Å². The van der Waals surface area contributed by atoms with Gasteiger partial charge in [-0.1, -0.05) is 6.07 Å². The highest BCUT2D eigenvalue weighted by Crippen LogP contribution is 2.44. The number of ether oxygens (including phenoxy) is 4. The van der Waals surface area contributed by atoms with Crippen LogP contribution in [0.25, 0.3) is 0 Å². The molecule has 1 saturated heterocycles. The number of hydrogen-bond donors (Lipinski definition) is 8. The largest absolute Gasteiger partial charge is 0.508 e. The number of carbonyl (C=O) groups excluding carboxylic acids is 2. The van der Waals surface area contributed by atoms with Crippen LogP contribution in [0.15, 0.2) is 54.6 Å². The van der Waals surface area contributed by atoms with Crippen molar-refractivity contribution in [3.8, 4) is 34.5 Å². The zero-order chi connectivity index (χ0) is 30.3. The van der Waals surface area contributed by atoms with Crippen molar-refractivity contribution in [2.45, 2.75) is 42.9 Å². The number of rotatable bonds is 6. The topological polar surface area (TPSA) is 233 Å². The molecule has 222 valence electrons. The molecule has 0 bridgehead atoms. The molecular weight excluding hydrogens is 560 g/mol. The van der Waals surface area contributed by atoms with Crippen molar-refractivity contribution in [1.29, 1.82) is 0 Å². The van der Waals surface area contributed by atoms with E-state index < -0.39 is 84.3 Å². The van der Waals surface area contributed by atoms with Gasteiger partial charge in [-0.25, -0.2) is 4.79 Å². The standard InChI is InChI=1S/C28H26O14/c29-13-4-1-11(2-5-13)27(38)39-10-19-21(34)23(36)24(37)28(41-19)42-26-22(35)20-17(33)8-14(30)9-18(20)40-25(26)12-3-6-15(31)16(32)7-12/h1-9,19,21,23-26,28-34,36-37H,10H2. The molecule has 5 rings (SSSR count). The fraction of sp³-hybridized carbons (Fsp3) is 0.286. The lowest BCUT2D eigenvalue weighted by molar-refractivity contribution is -0.311. The summed E-state index contributed by atoms with van der Waals surface area (Å²) in [6.07, 6.45) is -11.9. The Morgan fingerprint density at radius 3 is 2.19 bits per heavy atom. The highest BCUT2D eigenvalue weighted by atomic mass is 16.7. The first-order valence-electron chi connectivity index (χ1n) is 12.5. The summed E-state index contributed by atoms with van der Waals surface area (Å²) in [5.41, 5.74) is -0.203. The summed E-state index contributed by atoms with van der Waals surface area (Å²) in [4.78, 5) is 26.0. The average molecular weight is 587 g/mol. The number of aliphatic hydroxyl groups is 3. The maximum atomic E-state index is 13.6. The molecule has 0 radical (unpaired) electrons. The van der Waals surface area contributed by atoms with E-state index in [0.29, 0.717) is 0 Å². The zero-order valence-electron chi connectivity index (χ0n) is 21.5. The smallest absolute Gasteiger partial charge is 0.338 e. The second-order valence-electron chi connectivity index (χ2n) is 9.71. The van der Waals surface area contributed by atoms with Crippen molar-refractivity contribution in [3.63, 3.8) is 0 Å². The third-order valence-electron chi connectivity index (χ3n) is 6.86. The lowest BCUT2D eigenvalue weighted by Crippen LogP contribution is -2.60. The zero-order valence-corrected chi connectivity index (χ0v) is 21.5. The van der Waals surface area contributed by atoms with Crippen LogP contribution in [0.4, 0.5) is 0 Å². The second kappa shape index (κ2) is 11.3. The number of benzene rings is 3. The fourth-order valence-electron chi connectivity index (χ4n) is 4.65. The Morgan fingerprint density at radius 2 is 1.50 bits per heavy atom. The third kappa shape index (κ3) is 5.48. The molecule has 7 unspecified atom stereocenters. The van der Waals surface area contributed by atoms with E-state index in [1.165, 1.54) is 30.3 Å². The Kier molecular flexibility index (Phi) is 7.81. The number of esters is 1. The highest BCUT2D eigenvalue weighted by molar-refractivity contribution is 6.05. The molecule has 0 aliphatic carbocycles. The molecule has 2 heterocycles. The fourth-order valence-corrected chi connectivity index (χ4v) is 4.65. The van der Waals surface area contributed by atoms with Crippen molar-refractivity contribution in [2.24, 2.45) is 0 Å². The van der Waals surface area contributed by atoms with Crippen LogP contribution >= 0.6 is 0 Å². The highest BCUT2D eigenvalue weighted by Gasteiger charge is 2.49. The summed E-state index contributed by atoms with van der Waals surface area (Å²) in [5.74, 6) is -4.13. The second-order valence-corrected chi connectivity index (χ2v) is 9.71. The molecule has 0 aromatic heterocycles. The van der Waals surface area contributed by atoms with Gasteiger partial charge in [0.25, 0.3) is 0 Å². The van der Waals surface area contributed by atoms with E-state index in [9.17, 15) is 50.4 Å². The number of ketones is 1. The molecule has 2 aliphatic heterocycles. The summed E-state index contributed by atoms with van der Waals surface area (Å²) >= 11 is 0. The van der Waals surface area contributed by atoms with Gasteiger partial charge >= 0.3 is 5.97 Å². The van der Waals surface area contributed by atoms with Gasteiger partial charge in [0.05, 0.1) is 5.56 Å². The minimum atomic E-state index is -1.92. The lowest BCUT2D eigenvalue weighted by Gasteiger charge is -2.42. The summed E-state index contributed by atoms with van der Waals surface area (Å²) in [6.45, 7) is -0.613. The van der Waals surface area contributed by atoms with Crippen LogP contribution in [-0.4, -0.2) is 96.0 Å². The number of aromatic hydroxyl groups is 5. The van der Waals surface area contributed by atoms with E-state index >= 15 is 0 Å². The van der Waals surface area contributed by atoms with Gasteiger partial charge in [0.2, 0.25) is 5.78 Å². The number of hydrogen-bond acceptors (Lipinski definition) is 14. The van der Waals surface area contributed by atoms with Gasteiger partial charge in [0.1, 0.15) is 59.6 Å². The van der Waals surface area contributed by atoms with Crippen LogP contribution in [0, 0.1) is 0 Å². The number of Topliss-reactive ketones (excluding diaryl/α,β-unsaturated/α-hetero) is 1. The summed E-state index contributed by atoms with van der Waals surface area (Å²) < 4.78 is 22.4. The number of phenolic OH excluding ortho intramolecular Hbond substituents is 5. The van der Waals surface area contributed by atoms with E-state index in [2.05, 4.69) is 0 Å². The van der Waals surface area contributed by atoms with Crippen LogP contribution in [-0.2, 0) is 14.2 Å². The van der Waals surface area contributed by atoms with Crippen LogP contribution < -0.4 is 4.74 Å². The molecule has 8 N–H and O–H groups in total. The van der Waals surface area contributed by atoms with E-state index in [1.807, 2.05) is 0 Å². The van der Waals surface area contributed by atoms with Crippen molar-refractivity contribution in [2.75, 3.05) is 6.61 Å². The van der Waals surface area contributed by atoms with Gasteiger partial charge in [0, 0.05) is 12.1 Å². The van der Waals surface area contributed by atoms with Crippen LogP contribution in [0.5, 0.6) is 34.5 Å². The molecule has 14 heteroatoms. The molecule has 3 aromatic rings. The van der Waals surface area contributed by atoms with Crippen molar-refractivity contribution >= 4 is 11.8 Å². The quantitative estimate of drug-likeness (QED) is 0.146. The van der Waals surface area contributed by atoms with E-state index in [-0.39, 0.29) is 28.2 Å². The van der Waals surface area contributed by atoms with Crippen LogP contribution in [0.3, 0.4) is 0 Å². The molecule has 0 spiro atoms. The van der Waals surface area contributed by atoms with Gasteiger partial charge in [-0.2, -0.15) is 0 Å². The van der Waals surface area contributed by atoms with Gasteiger partial charge in [0.15, 0.2) is 30.0 Å². The first kappa shape index (κ1) is 28.9. The van der Waals surface area contributed by atoms with Gasteiger partial charge in [-0.3, -0.25) is 4.79 Å². The van der Waals surface area contributed by atoms with Gasteiger partial charge in [-0.15, -0.1) is 0 Å².